The van der Waals surface area contributed by atoms with Crippen LogP contribution in [0, 0.1) is 5.92 Å². The van der Waals surface area contributed by atoms with Crippen molar-refractivity contribution in [2.75, 3.05) is 33.9 Å². The number of carbonyl (C=O) groups excluding carboxylic acids is 1. The van der Waals surface area contributed by atoms with Gasteiger partial charge in [-0.3, -0.25) is 4.79 Å². The number of aromatic nitrogens is 1. The number of methoxy groups -OCH3 is 2. The SMILES string of the molecule is COCCn1c(=NC(=O)c2ccc(S(=O)(=O)N3CCCC(C)C3)cc2)sc2cc(OC)ccc21. The quantitative estimate of drug-likeness (QED) is 0.492. The summed E-state index contributed by atoms with van der Waals surface area (Å²) < 4.78 is 41.0. The second-order valence-electron chi connectivity index (χ2n) is 8.41. The molecule has 2 aromatic carbocycles. The number of piperidine rings is 1. The Morgan fingerprint density at radius 2 is 1.94 bits per heavy atom. The molecule has 0 aliphatic carbocycles. The highest BCUT2D eigenvalue weighted by molar-refractivity contribution is 7.89. The number of carbonyl (C=O) groups is 1. The Bertz CT molecular complexity index is 1340. The Balaban J connectivity index is 1.64. The zero-order chi connectivity index (χ0) is 24.3. The largest absolute Gasteiger partial charge is 0.497 e. The van der Waals surface area contributed by atoms with E-state index in [4.69, 9.17) is 9.47 Å². The first-order chi connectivity index (χ1) is 16.3. The third-order valence-electron chi connectivity index (χ3n) is 5.96. The molecular weight excluding hydrogens is 474 g/mol. The van der Waals surface area contributed by atoms with E-state index in [0.717, 1.165) is 28.8 Å². The van der Waals surface area contributed by atoms with Gasteiger partial charge in [-0.1, -0.05) is 18.3 Å². The van der Waals surface area contributed by atoms with Crippen molar-refractivity contribution in [1.29, 1.82) is 0 Å². The summed E-state index contributed by atoms with van der Waals surface area (Å²) >= 11 is 1.39. The Morgan fingerprint density at radius 1 is 1.18 bits per heavy atom. The molecule has 8 nitrogen and oxygen atoms in total. The maximum absolute atomic E-state index is 13.0. The molecule has 1 aliphatic heterocycles. The van der Waals surface area contributed by atoms with Gasteiger partial charge in [0.1, 0.15) is 5.75 Å². The van der Waals surface area contributed by atoms with E-state index in [0.29, 0.717) is 42.5 Å². The fourth-order valence-corrected chi connectivity index (χ4v) is 6.78. The average Bonchev–Trinajstić information content (AvgIpc) is 3.18. The summed E-state index contributed by atoms with van der Waals surface area (Å²) in [6, 6.07) is 11.8. The van der Waals surface area contributed by atoms with Crippen molar-refractivity contribution in [3.63, 3.8) is 0 Å². The number of ether oxygens (including phenoxy) is 2. The number of benzene rings is 2. The molecule has 1 unspecified atom stereocenters. The lowest BCUT2D eigenvalue weighted by atomic mass is 10.0. The third kappa shape index (κ3) is 5.10. The van der Waals surface area contributed by atoms with Crippen molar-refractivity contribution < 1.29 is 22.7 Å². The van der Waals surface area contributed by atoms with E-state index in [-0.39, 0.29) is 4.90 Å². The summed E-state index contributed by atoms with van der Waals surface area (Å²) in [7, 11) is -0.339. The van der Waals surface area contributed by atoms with E-state index < -0.39 is 15.9 Å². The van der Waals surface area contributed by atoms with Crippen molar-refractivity contribution in [2.24, 2.45) is 10.9 Å². The lowest BCUT2D eigenvalue weighted by Gasteiger charge is -2.30. The Hall–Kier alpha value is -2.53. The Kier molecular flexibility index (Phi) is 7.51. The molecule has 0 N–H and O–H groups in total. The number of amides is 1. The summed E-state index contributed by atoms with van der Waals surface area (Å²) in [4.78, 5) is 18.1. The Labute approximate surface area is 203 Å². The molecule has 1 aromatic heterocycles. The van der Waals surface area contributed by atoms with Gasteiger partial charge in [-0.05, 0) is 61.2 Å². The molecule has 0 spiro atoms. The van der Waals surface area contributed by atoms with Crippen LogP contribution in [0.3, 0.4) is 0 Å². The van der Waals surface area contributed by atoms with Gasteiger partial charge >= 0.3 is 0 Å². The number of nitrogens with zero attached hydrogens (tertiary/aromatic N) is 3. The molecule has 34 heavy (non-hydrogen) atoms. The lowest BCUT2D eigenvalue weighted by Crippen LogP contribution is -2.39. The fraction of sp³-hybridized carbons (Fsp3) is 0.417. The minimum absolute atomic E-state index is 0.197. The average molecular weight is 504 g/mol. The standard InChI is InChI=1S/C24H29N3O5S2/c1-17-5-4-12-26(16-17)34(29,30)20-9-6-18(7-10-20)23(28)25-24-27(13-14-31-2)21-11-8-19(32-3)15-22(21)33-24/h6-11,15,17H,4-5,12-14,16H2,1-3H3. The highest BCUT2D eigenvalue weighted by atomic mass is 32.2. The molecule has 0 saturated carbocycles. The van der Waals surface area contributed by atoms with Gasteiger partial charge in [0.2, 0.25) is 10.0 Å². The van der Waals surface area contributed by atoms with Crippen molar-refractivity contribution in [3.05, 3.63) is 52.8 Å². The lowest BCUT2D eigenvalue weighted by molar-refractivity contribution is 0.0997. The van der Waals surface area contributed by atoms with Crippen LogP contribution in [0.2, 0.25) is 0 Å². The number of hydrogen-bond donors (Lipinski definition) is 0. The smallest absolute Gasteiger partial charge is 0.279 e. The van der Waals surface area contributed by atoms with Gasteiger partial charge in [0.15, 0.2) is 4.80 Å². The molecule has 10 heteroatoms. The summed E-state index contributed by atoms with van der Waals surface area (Å²) in [5.74, 6) is 0.639. The van der Waals surface area contributed by atoms with Gasteiger partial charge in [0.25, 0.3) is 5.91 Å². The van der Waals surface area contributed by atoms with E-state index in [2.05, 4.69) is 11.9 Å². The second kappa shape index (κ2) is 10.4. The van der Waals surface area contributed by atoms with Crippen LogP contribution in [0.25, 0.3) is 10.2 Å². The molecule has 2 heterocycles. The molecule has 4 rings (SSSR count). The number of fused-ring (bicyclic) bond motifs is 1. The number of thiazole rings is 1. The van der Waals surface area contributed by atoms with Gasteiger partial charge in [-0.25, -0.2) is 8.42 Å². The van der Waals surface area contributed by atoms with E-state index in [9.17, 15) is 13.2 Å². The van der Waals surface area contributed by atoms with Crippen LogP contribution in [-0.2, 0) is 21.3 Å². The zero-order valence-electron chi connectivity index (χ0n) is 19.6. The zero-order valence-corrected chi connectivity index (χ0v) is 21.2. The van der Waals surface area contributed by atoms with Crippen LogP contribution < -0.4 is 9.54 Å². The van der Waals surface area contributed by atoms with Crippen LogP contribution in [0.4, 0.5) is 0 Å². The second-order valence-corrected chi connectivity index (χ2v) is 11.4. The molecule has 0 radical (unpaired) electrons. The number of sulfonamides is 1. The summed E-state index contributed by atoms with van der Waals surface area (Å²) in [5.41, 5.74) is 1.27. The molecule has 1 saturated heterocycles. The van der Waals surface area contributed by atoms with Gasteiger partial charge in [0, 0.05) is 32.3 Å². The minimum Gasteiger partial charge on any atom is -0.497 e. The predicted molar refractivity (Wildman–Crippen MR) is 132 cm³/mol. The summed E-state index contributed by atoms with van der Waals surface area (Å²) in [6.45, 7) is 4.13. The number of hydrogen-bond acceptors (Lipinski definition) is 6. The van der Waals surface area contributed by atoms with Crippen molar-refractivity contribution >= 4 is 37.5 Å². The van der Waals surface area contributed by atoms with Crippen LogP contribution >= 0.6 is 11.3 Å². The van der Waals surface area contributed by atoms with Crippen molar-refractivity contribution in [3.8, 4) is 5.75 Å². The van der Waals surface area contributed by atoms with E-state index in [1.807, 2.05) is 22.8 Å². The first kappa shape index (κ1) is 24.6. The highest BCUT2D eigenvalue weighted by Gasteiger charge is 2.28. The summed E-state index contributed by atoms with van der Waals surface area (Å²) in [5, 5.41) is 0. The molecule has 0 bridgehead atoms. The normalized spacial score (nSPS) is 17.9. The predicted octanol–water partition coefficient (Wildman–Crippen LogP) is 3.52. The van der Waals surface area contributed by atoms with Crippen LogP contribution in [0.5, 0.6) is 5.75 Å². The first-order valence-electron chi connectivity index (χ1n) is 11.2. The van der Waals surface area contributed by atoms with Gasteiger partial charge in [-0.2, -0.15) is 9.30 Å². The maximum atomic E-state index is 13.0. The summed E-state index contributed by atoms with van der Waals surface area (Å²) in [6.07, 6.45) is 1.90. The van der Waals surface area contributed by atoms with Gasteiger partial charge in [-0.15, -0.1) is 0 Å². The highest BCUT2D eigenvalue weighted by Crippen LogP contribution is 2.25. The van der Waals surface area contributed by atoms with Crippen molar-refractivity contribution in [2.45, 2.75) is 31.2 Å². The van der Waals surface area contributed by atoms with Crippen LogP contribution in [-0.4, -0.2) is 57.1 Å². The molecular formula is C24H29N3O5S2. The molecule has 3 aromatic rings. The van der Waals surface area contributed by atoms with Crippen LogP contribution in [0.15, 0.2) is 52.4 Å². The molecule has 1 atom stereocenters. The van der Waals surface area contributed by atoms with E-state index in [1.165, 1.54) is 39.9 Å². The maximum Gasteiger partial charge on any atom is 0.279 e. The minimum atomic E-state index is -3.57. The monoisotopic (exact) mass is 503 g/mol. The van der Waals surface area contributed by atoms with Gasteiger partial charge in [0.05, 0.1) is 28.8 Å². The molecule has 1 amide bonds. The van der Waals surface area contributed by atoms with E-state index >= 15 is 0 Å². The molecule has 182 valence electrons. The van der Waals surface area contributed by atoms with Crippen molar-refractivity contribution in [1.82, 2.24) is 8.87 Å². The third-order valence-corrected chi connectivity index (χ3v) is 8.89. The number of rotatable bonds is 7. The molecule has 1 fully saturated rings. The topological polar surface area (TPSA) is 90.2 Å². The van der Waals surface area contributed by atoms with E-state index in [1.54, 1.807) is 14.2 Å². The fourth-order valence-electron chi connectivity index (χ4n) is 4.10. The van der Waals surface area contributed by atoms with Gasteiger partial charge < -0.3 is 14.0 Å². The first-order valence-corrected chi connectivity index (χ1v) is 13.4. The Morgan fingerprint density at radius 3 is 2.62 bits per heavy atom. The van der Waals surface area contributed by atoms with Crippen LogP contribution in [0.1, 0.15) is 30.1 Å². The molecule has 1 aliphatic rings.